The van der Waals surface area contributed by atoms with Crippen LogP contribution in [0.2, 0.25) is 0 Å². The molecule has 100 valence electrons. The maximum absolute atomic E-state index is 11.6. The number of carbonyl (C=O) groups excluding carboxylic acids is 1. The molecular formula is C13H17N5O. The third-order valence-electron chi connectivity index (χ3n) is 2.49. The van der Waals surface area contributed by atoms with Crippen LogP contribution in [0.3, 0.4) is 0 Å². The number of aromatic nitrogens is 3. The second-order valence-corrected chi connectivity index (χ2v) is 4.61. The molecule has 0 aliphatic carbocycles. The van der Waals surface area contributed by atoms with E-state index in [4.69, 9.17) is 0 Å². The molecule has 6 heteroatoms. The molecule has 6 nitrogen and oxygen atoms in total. The van der Waals surface area contributed by atoms with Crippen molar-refractivity contribution in [1.82, 2.24) is 19.7 Å². The second kappa shape index (κ2) is 5.62. The van der Waals surface area contributed by atoms with Gasteiger partial charge >= 0.3 is 0 Å². The molecule has 1 heterocycles. The van der Waals surface area contributed by atoms with Gasteiger partial charge in [0.25, 0.3) is 0 Å². The molecule has 0 saturated carbocycles. The zero-order valence-corrected chi connectivity index (χ0v) is 11.3. The lowest BCUT2D eigenvalue weighted by molar-refractivity contribution is -0.116. The second-order valence-electron chi connectivity index (χ2n) is 4.61. The summed E-state index contributed by atoms with van der Waals surface area (Å²) in [6.45, 7) is 0.365. The molecule has 1 aromatic carbocycles. The summed E-state index contributed by atoms with van der Waals surface area (Å²) in [5, 5.41) is 7.05. The van der Waals surface area contributed by atoms with Crippen LogP contribution in [0.1, 0.15) is 0 Å². The predicted octanol–water partition coefficient (Wildman–Crippen LogP) is 0.982. The Hall–Kier alpha value is -2.21. The van der Waals surface area contributed by atoms with E-state index in [0.717, 1.165) is 11.3 Å². The number of nitrogens with zero attached hydrogens (tertiary/aromatic N) is 4. The molecule has 0 unspecified atom stereocenters. The first-order valence-corrected chi connectivity index (χ1v) is 5.95. The largest absolute Gasteiger partial charge is 0.325 e. The van der Waals surface area contributed by atoms with Crippen LogP contribution in [0.15, 0.2) is 30.6 Å². The van der Waals surface area contributed by atoms with Crippen molar-refractivity contribution in [2.45, 2.75) is 0 Å². The number of amides is 1. The highest BCUT2D eigenvalue weighted by atomic mass is 16.2. The summed E-state index contributed by atoms with van der Waals surface area (Å²) in [7, 11) is 5.54. The predicted molar refractivity (Wildman–Crippen MR) is 73.6 cm³/mol. The van der Waals surface area contributed by atoms with Gasteiger partial charge in [0.2, 0.25) is 5.91 Å². The van der Waals surface area contributed by atoms with Crippen LogP contribution in [0.25, 0.3) is 11.4 Å². The van der Waals surface area contributed by atoms with Gasteiger partial charge in [-0.1, -0.05) is 0 Å². The molecule has 1 aromatic heterocycles. The van der Waals surface area contributed by atoms with Crippen molar-refractivity contribution in [3.63, 3.8) is 0 Å². The fourth-order valence-electron chi connectivity index (χ4n) is 1.66. The van der Waals surface area contributed by atoms with Gasteiger partial charge in [0.05, 0.1) is 6.54 Å². The number of carbonyl (C=O) groups is 1. The van der Waals surface area contributed by atoms with E-state index in [1.54, 1.807) is 11.0 Å². The van der Waals surface area contributed by atoms with Crippen molar-refractivity contribution in [1.29, 1.82) is 0 Å². The summed E-state index contributed by atoms with van der Waals surface area (Å²) in [5.41, 5.74) is 1.69. The number of rotatable bonds is 4. The lowest BCUT2D eigenvalue weighted by Crippen LogP contribution is -2.27. The third-order valence-corrected chi connectivity index (χ3v) is 2.49. The fraction of sp³-hybridized carbons (Fsp3) is 0.308. The van der Waals surface area contributed by atoms with Crippen LogP contribution < -0.4 is 5.32 Å². The highest BCUT2D eigenvalue weighted by Gasteiger charge is 2.05. The zero-order chi connectivity index (χ0) is 13.8. The lowest BCUT2D eigenvalue weighted by atomic mass is 10.2. The molecule has 0 bridgehead atoms. The number of aryl methyl sites for hydroxylation is 1. The number of likely N-dealkylation sites (N-methyl/N-ethyl adjacent to an activating group) is 1. The maximum Gasteiger partial charge on any atom is 0.238 e. The molecule has 0 radical (unpaired) electrons. The Morgan fingerprint density at radius 3 is 2.53 bits per heavy atom. The number of nitrogens with one attached hydrogen (secondary N) is 1. The average Bonchev–Trinajstić information content (AvgIpc) is 2.75. The Labute approximate surface area is 112 Å². The van der Waals surface area contributed by atoms with E-state index in [-0.39, 0.29) is 5.91 Å². The SMILES string of the molecule is CN(C)CC(=O)Nc1ccc(-c2ncn(C)n2)cc1. The van der Waals surface area contributed by atoms with E-state index in [1.165, 1.54) is 0 Å². The van der Waals surface area contributed by atoms with Gasteiger partial charge in [-0.15, -0.1) is 0 Å². The molecule has 2 aromatic rings. The first kappa shape index (κ1) is 13.2. The zero-order valence-electron chi connectivity index (χ0n) is 11.3. The first-order valence-electron chi connectivity index (χ1n) is 5.95. The topological polar surface area (TPSA) is 63.1 Å². The minimum atomic E-state index is -0.0336. The summed E-state index contributed by atoms with van der Waals surface area (Å²) < 4.78 is 1.65. The highest BCUT2D eigenvalue weighted by molar-refractivity contribution is 5.92. The molecule has 1 amide bonds. The van der Waals surface area contributed by atoms with Crippen molar-refractivity contribution in [3.8, 4) is 11.4 Å². The maximum atomic E-state index is 11.6. The molecule has 0 aliphatic rings. The monoisotopic (exact) mass is 259 g/mol. The van der Waals surface area contributed by atoms with Gasteiger partial charge in [-0.25, -0.2) is 4.98 Å². The number of hydrogen-bond acceptors (Lipinski definition) is 4. The Morgan fingerprint density at radius 2 is 2.00 bits per heavy atom. The summed E-state index contributed by atoms with van der Waals surface area (Å²) in [5.74, 6) is 0.641. The van der Waals surface area contributed by atoms with Gasteiger partial charge in [-0.3, -0.25) is 9.48 Å². The van der Waals surface area contributed by atoms with Crippen LogP contribution in [0.4, 0.5) is 5.69 Å². The molecule has 0 atom stereocenters. The quantitative estimate of drug-likeness (QED) is 0.889. The van der Waals surface area contributed by atoms with E-state index >= 15 is 0 Å². The van der Waals surface area contributed by atoms with E-state index in [0.29, 0.717) is 12.4 Å². The Bertz CT molecular complexity index is 559. The summed E-state index contributed by atoms with van der Waals surface area (Å²) >= 11 is 0. The minimum Gasteiger partial charge on any atom is -0.325 e. The van der Waals surface area contributed by atoms with Crippen molar-refractivity contribution in [3.05, 3.63) is 30.6 Å². The first-order chi connectivity index (χ1) is 9.04. The molecule has 2 rings (SSSR count). The standard InChI is InChI=1S/C13H17N5O/c1-17(2)8-12(19)15-11-6-4-10(5-7-11)13-14-9-18(3)16-13/h4-7,9H,8H2,1-3H3,(H,15,19). The van der Waals surface area contributed by atoms with Crippen LogP contribution in [-0.2, 0) is 11.8 Å². The van der Waals surface area contributed by atoms with Crippen molar-refractivity contribution >= 4 is 11.6 Å². The minimum absolute atomic E-state index is 0.0336. The molecule has 0 spiro atoms. The smallest absolute Gasteiger partial charge is 0.238 e. The van der Waals surface area contributed by atoms with E-state index in [2.05, 4.69) is 15.4 Å². The Morgan fingerprint density at radius 1 is 1.32 bits per heavy atom. The number of benzene rings is 1. The summed E-state index contributed by atoms with van der Waals surface area (Å²) in [4.78, 5) is 17.6. The molecule has 0 fully saturated rings. The summed E-state index contributed by atoms with van der Waals surface area (Å²) in [6.07, 6.45) is 1.65. The molecule has 1 N–H and O–H groups in total. The summed E-state index contributed by atoms with van der Waals surface area (Å²) in [6, 6.07) is 7.47. The Kier molecular flexibility index (Phi) is 3.91. The van der Waals surface area contributed by atoms with Gasteiger partial charge in [0.15, 0.2) is 5.82 Å². The van der Waals surface area contributed by atoms with Gasteiger partial charge in [0, 0.05) is 18.3 Å². The van der Waals surface area contributed by atoms with Crippen LogP contribution in [0.5, 0.6) is 0 Å². The Balaban J connectivity index is 2.04. The van der Waals surface area contributed by atoms with Gasteiger partial charge in [-0.2, -0.15) is 5.10 Å². The van der Waals surface area contributed by atoms with Crippen molar-refractivity contribution in [2.24, 2.45) is 7.05 Å². The third kappa shape index (κ3) is 3.62. The number of hydrogen-bond donors (Lipinski definition) is 1. The lowest BCUT2D eigenvalue weighted by Gasteiger charge is -2.10. The van der Waals surface area contributed by atoms with E-state index in [1.807, 2.05) is 50.3 Å². The molecule has 0 saturated heterocycles. The fourth-order valence-corrected chi connectivity index (χ4v) is 1.66. The highest BCUT2D eigenvalue weighted by Crippen LogP contribution is 2.17. The van der Waals surface area contributed by atoms with Gasteiger partial charge < -0.3 is 10.2 Å². The number of anilines is 1. The van der Waals surface area contributed by atoms with Crippen molar-refractivity contribution < 1.29 is 4.79 Å². The van der Waals surface area contributed by atoms with Crippen LogP contribution >= 0.6 is 0 Å². The van der Waals surface area contributed by atoms with Gasteiger partial charge in [-0.05, 0) is 38.4 Å². The van der Waals surface area contributed by atoms with Gasteiger partial charge in [0.1, 0.15) is 6.33 Å². The van der Waals surface area contributed by atoms with Crippen LogP contribution in [0, 0.1) is 0 Å². The van der Waals surface area contributed by atoms with E-state index in [9.17, 15) is 4.79 Å². The normalized spacial score (nSPS) is 10.7. The molecule has 0 aliphatic heterocycles. The average molecular weight is 259 g/mol. The molecular weight excluding hydrogens is 242 g/mol. The molecule has 19 heavy (non-hydrogen) atoms. The van der Waals surface area contributed by atoms with E-state index < -0.39 is 0 Å². The van der Waals surface area contributed by atoms with Crippen LogP contribution in [-0.4, -0.2) is 46.2 Å². The van der Waals surface area contributed by atoms with Crippen molar-refractivity contribution in [2.75, 3.05) is 26.0 Å².